The van der Waals surface area contributed by atoms with Gasteiger partial charge in [0.2, 0.25) is 0 Å². The lowest BCUT2D eigenvalue weighted by Gasteiger charge is -2.15. The largest absolute Gasteiger partial charge is 0.491 e. The van der Waals surface area contributed by atoms with Crippen molar-refractivity contribution in [2.45, 2.75) is 45.8 Å². The first-order chi connectivity index (χ1) is 10.0. The Hall–Kier alpha value is -1.39. The van der Waals surface area contributed by atoms with E-state index in [1.165, 1.54) is 5.56 Å². The van der Waals surface area contributed by atoms with Crippen molar-refractivity contribution in [1.82, 2.24) is 10.3 Å². The molecule has 0 spiro atoms. The zero-order valence-corrected chi connectivity index (χ0v) is 14.2. The van der Waals surface area contributed by atoms with Crippen molar-refractivity contribution in [3.05, 3.63) is 45.9 Å². The maximum Gasteiger partial charge on any atom is 0.119 e. The summed E-state index contributed by atoms with van der Waals surface area (Å²) in [6.07, 6.45) is 0.198. The molecule has 1 aromatic heterocycles. The fourth-order valence-electron chi connectivity index (χ4n) is 2.14. The van der Waals surface area contributed by atoms with Gasteiger partial charge >= 0.3 is 0 Å². The number of thiazole rings is 1. The molecule has 0 fully saturated rings. The zero-order valence-electron chi connectivity index (χ0n) is 13.4. The minimum absolute atomic E-state index is 0.135. The predicted octanol–water partition coefficient (Wildman–Crippen LogP) is 4.36. The summed E-state index contributed by atoms with van der Waals surface area (Å²) in [5, 5.41) is 6.62. The summed E-state index contributed by atoms with van der Waals surface area (Å²) in [4.78, 5) is 4.75. The van der Waals surface area contributed by atoms with Crippen molar-refractivity contribution in [3.63, 3.8) is 0 Å². The number of ether oxygens (including phenoxy) is 1. The van der Waals surface area contributed by atoms with Crippen molar-refractivity contribution in [3.8, 4) is 5.75 Å². The Morgan fingerprint density at radius 3 is 2.24 bits per heavy atom. The van der Waals surface area contributed by atoms with Gasteiger partial charge in [0.05, 0.1) is 17.8 Å². The number of hydrogen-bond acceptors (Lipinski definition) is 4. The second-order valence-corrected chi connectivity index (χ2v) is 6.61. The Morgan fingerprint density at radius 2 is 1.76 bits per heavy atom. The van der Waals surface area contributed by atoms with Gasteiger partial charge in [-0.05, 0) is 44.5 Å². The molecule has 0 aliphatic heterocycles. The smallest absolute Gasteiger partial charge is 0.119 e. The lowest BCUT2D eigenvalue weighted by molar-refractivity contribution is 0.242. The van der Waals surface area contributed by atoms with Crippen LogP contribution in [0.1, 0.15) is 55.9 Å². The number of aromatic nitrogens is 1. The van der Waals surface area contributed by atoms with Crippen molar-refractivity contribution in [2.75, 3.05) is 7.05 Å². The van der Waals surface area contributed by atoms with Crippen LogP contribution < -0.4 is 10.1 Å². The first-order valence-corrected chi connectivity index (χ1v) is 8.28. The fourth-order valence-corrected chi connectivity index (χ4v) is 3.26. The van der Waals surface area contributed by atoms with Crippen LogP contribution in [0.5, 0.6) is 5.75 Å². The van der Waals surface area contributed by atoms with Crippen LogP contribution in [0.3, 0.4) is 0 Å². The molecule has 0 bridgehead atoms. The molecule has 114 valence electrons. The van der Waals surface area contributed by atoms with Gasteiger partial charge in [-0.15, -0.1) is 11.3 Å². The van der Waals surface area contributed by atoms with Gasteiger partial charge in [-0.25, -0.2) is 4.98 Å². The second-order valence-electron chi connectivity index (χ2n) is 5.72. The molecule has 0 saturated carbocycles. The summed E-state index contributed by atoms with van der Waals surface area (Å²) >= 11 is 1.72. The molecule has 3 nitrogen and oxygen atoms in total. The van der Waals surface area contributed by atoms with E-state index >= 15 is 0 Å². The third-order valence-electron chi connectivity index (χ3n) is 3.25. The Morgan fingerprint density at radius 1 is 1.10 bits per heavy atom. The molecule has 0 saturated heterocycles. The average molecular weight is 304 g/mol. The zero-order chi connectivity index (χ0) is 15.4. The predicted molar refractivity (Wildman–Crippen MR) is 89.3 cm³/mol. The molecule has 1 atom stereocenters. The number of hydrogen-bond donors (Lipinski definition) is 1. The van der Waals surface area contributed by atoms with Gasteiger partial charge in [0, 0.05) is 5.38 Å². The normalized spacial score (nSPS) is 12.9. The fraction of sp³-hybridized carbons (Fsp3) is 0.471. The highest BCUT2D eigenvalue weighted by atomic mass is 32.1. The molecule has 1 N–H and O–H groups in total. The molecule has 21 heavy (non-hydrogen) atoms. The van der Waals surface area contributed by atoms with E-state index in [9.17, 15) is 0 Å². The molecule has 0 aliphatic rings. The van der Waals surface area contributed by atoms with Crippen LogP contribution in [0, 0.1) is 0 Å². The van der Waals surface area contributed by atoms with Crippen molar-refractivity contribution in [2.24, 2.45) is 0 Å². The van der Waals surface area contributed by atoms with E-state index in [1.807, 2.05) is 33.0 Å². The lowest BCUT2D eigenvalue weighted by Crippen LogP contribution is -2.17. The quantitative estimate of drug-likeness (QED) is 0.861. The highest BCUT2D eigenvalue weighted by Gasteiger charge is 2.17. The Kier molecular flexibility index (Phi) is 5.37. The van der Waals surface area contributed by atoms with Crippen molar-refractivity contribution < 1.29 is 4.74 Å². The van der Waals surface area contributed by atoms with E-state index in [4.69, 9.17) is 9.72 Å². The minimum Gasteiger partial charge on any atom is -0.491 e. The topological polar surface area (TPSA) is 34.1 Å². The highest BCUT2D eigenvalue weighted by Crippen LogP contribution is 2.28. The van der Waals surface area contributed by atoms with E-state index < -0.39 is 0 Å². The van der Waals surface area contributed by atoms with E-state index in [-0.39, 0.29) is 12.1 Å². The van der Waals surface area contributed by atoms with Gasteiger partial charge in [-0.3, -0.25) is 0 Å². The molecule has 0 amide bonds. The van der Waals surface area contributed by atoms with Crippen LogP contribution >= 0.6 is 11.3 Å². The van der Waals surface area contributed by atoms with Gasteiger partial charge < -0.3 is 10.1 Å². The van der Waals surface area contributed by atoms with Crippen LogP contribution in [-0.2, 0) is 0 Å². The third-order valence-corrected chi connectivity index (χ3v) is 4.18. The number of rotatable bonds is 6. The SMILES string of the molecule is CNC(c1ccc(OC(C)C)cc1)c1nc(C(C)C)cs1. The molecule has 4 heteroatoms. The first kappa shape index (κ1) is 16.0. The molecule has 1 unspecified atom stereocenters. The molecule has 1 aromatic carbocycles. The molecule has 0 radical (unpaired) electrons. The molecule has 2 aromatic rings. The molecular formula is C17H24N2OS. The summed E-state index contributed by atoms with van der Waals surface area (Å²) in [5.74, 6) is 1.37. The number of nitrogens with one attached hydrogen (secondary N) is 1. The average Bonchev–Trinajstić information content (AvgIpc) is 2.91. The van der Waals surface area contributed by atoms with E-state index in [0.717, 1.165) is 16.5 Å². The van der Waals surface area contributed by atoms with Gasteiger partial charge in [0.15, 0.2) is 0 Å². The molecular weight excluding hydrogens is 280 g/mol. The van der Waals surface area contributed by atoms with Crippen LogP contribution in [0.2, 0.25) is 0 Å². The summed E-state index contributed by atoms with van der Waals surface area (Å²) in [7, 11) is 1.97. The van der Waals surface area contributed by atoms with E-state index in [2.05, 4.69) is 36.7 Å². The maximum absolute atomic E-state index is 5.69. The van der Waals surface area contributed by atoms with Gasteiger partial charge in [-0.2, -0.15) is 0 Å². The van der Waals surface area contributed by atoms with Gasteiger partial charge in [0.25, 0.3) is 0 Å². The van der Waals surface area contributed by atoms with Crippen molar-refractivity contribution >= 4 is 11.3 Å². The summed E-state index contributed by atoms with van der Waals surface area (Å²) < 4.78 is 5.69. The van der Waals surface area contributed by atoms with Gasteiger partial charge in [0.1, 0.15) is 10.8 Å². The number of nitrogens with zero attached hydrogens (tertiary/aromatic N) is 1. The third kappa shape index (κ3) is 4.05. The Labute approximate surface area is 131 Å². The monoisotopic (exact) mass is 304 g/mol. The Bertz CT molecular complexity index is 560. The van der Waals surface area contributed by atoms with Gasteiger partial charge in [-0.1, -0.05) is 26.0 Å². The molecule has 1 heterocycles. The van der Waals surface area contributed by atoms with Crippen LogP contribution in [0.4, 0.5) is 0 Å². The summed E-state index contributed by atoms with van der Waals surface area (Å²) in [6.45, 7) is 8.41. The molecule has 2 rings (SSSR count). The van der Waals surface area contributed by atoms with Crippen LogP contribution in [-0.4, -0.2) is 18.1 Å². The summed E-state index contributed by atoms with van der Waals surface area (Å²) in [6, 6.07) is 8.40. The van der Waals surface area contributed by atoms with E-state index in [1.54, 1.807) is 11.3 Å². The minimum atomic E-state index is 0.135. The maximum atomic E-state index is 5.69. The lowest BCUT2D eigenvalue weighted by atomic mass is 10.1. The van der Waals surface area contributed by atoms with E-state index in [0.29, 0.717) is 5.92 Å². The van der Waals surface area contributed by atoms with Crippen LogP contribution in [0.15, 0.2) is 29.6 Å². The standard InChI is InChI=1S/C17H24N2OS/c1-11(2)15-10-21-17(19-15)16(18-5)13-6-8-14(9-7-13)20-12(3)4/h6-12,16,18H,1-5H3. The summed E-state index contributed by atoms with van der Waals surface area (Å²) in [5.41, 5.74) is 2.37. The van der Waals surface area contributed by atoms with Crippen LogP contribution in [0.25, 0.3) is 0 Å². The highest BCUT2D eigenvalue weighted by molar-refractivity contribution is 7.09. The first-order valence-electron chi connectivity index (χ1n) is 7.40. The Balaban J connectivity index is 2.20. The number of benzene rings is 1. The molecule has 0 aliphatic carbocycles. The second kappa shape index (κ2) is 7.05. The van der Waals surface area contributed by atoms with Crippen molar-refractivity contribution in [1.29, 1.82) is 0 Å².